The lowest BCUT2D eigenvalue weighted by Crippen LogP contribution is -2.25. The standard InChI is InChI=1S/C24H31N5/c1-9-10-11-12-16(2)19(5)26-20(6)24-18(4)22(27-28-24)14-13-17(3)23-15-25-21(7)29(23)8/h9-15,26-27H,4,6H2,1-3,5,7-8H3/b10-9-,12-11-,17-13+,19-16+,22-14+. The van der Waals surface area contributed by atoms with Crippen LogP contribution in [0.3, 0.4) is 0 Å². The maximum Gasteiger partial charge on any atom is 0.115 e. The van der Waals surface area contributed by atoms with Crippen LogP contribution in [0.1, 0.15) is 44.9 Å². The van der Waals surface area contributed by atoms with Crippen molar-refractivity contribution in [2.45, 2.75) is 34.6 Å². The number of allylic oxidation sites excluding steroid dienone is 8. The van der Waals surface area contributed by atoms with Gasteiger partial charge in [-0.15, -0.1) is 0 Å². The molecule has 29 heavy (non-hydrogen) atoms. The van der Waals surface area contributed by atoms with Gasteiger partial charge in [0.25, 0.3) is 0 Å². The van der Waals surface area contributed by atoms with Gasteiger partial charge >= 0.3 is 0 Å². The van der Waals surface area contributed by atoms with Crippen LogP contribution in [0, 0.1) is 6.92 Å². The van der Waals surface area contributed by atoms with Gasteiger partial charge in [0, 0.05) is 18.0 Å². The Balaban J connectivity index is 2.24. The Kier molecular flexibility index (Phi) is 7.37. The molecule has 0 aromatic carbocycles. The summed E-state index contributed by atoms with van der Waals surface area (Å²) in [6.45, 7) is 18.4. The van der Waals surface area contributed by atoms with E-state index < -0.39 is 0 Å². The van der Waals surface area contributed by atoms with Gasteiger partial charge in [0.05, 0.1) is 22.9 Å². The maximum atomic E-state index is 4.40. The van der Waals surface area contributed by atoms with Gasteiger partial charge in [-0.25, -0.2) is 4.98 Å². The Morgan fingerprint density at radius 1 is 1.24 bits per heavy atom. The first-order valence-electron chi connectivity index (χ1n) is 9.60. The summed E-state index contributed by atoms with van der Waals surface area (Å²) in [6, 6.07) is 0. The van der Waals surface area contributed by atoms with Crippen molar-refractivity contribution in [3.63, 3.8) is 0 Å². The summed E-state index contributed by atoms with van der Waals surface area (Å²) in [5.41, 5.74) is 5.78. The van der Waals surface area contributed by atoms with Crippen molar-refractivity contribution in [3.05, 3.63) is 82.2 Å². The number of nitrogens with zero attached hydrogens (tertiary/aromatic N) is 3. The van der Waals surface area contributed by atoms with Crippen LogP contribution in [0.2, 0.25) is 0 Å². The van der Waals surface area contributed by atoms with Crippen molar-refractivity contribution in [1.29, 1.82) is 0 Å². The predicted molar refractivity (Wildman–Crippen MR) is 124 cm³/mol. The lowest BCUT2D eigenvalue weighted by molar-refractivity contribution is 0.845. The molecule has 0 saturated carbocycles. The molecule has 2 heterocycles. The summed E-state index contributed by atoms with van der Waals surface area (Å²) in [4.78, 5) is 4.35. The third-order valence-electron chi connectivity index (χ3n) is 4.89. The highest BCUT2D eigenvalue weighted by molar-refractivity contribution is 5.68. The maximum absolute atomic E-state index is 4.40. The van der Waals surface area contributed by atoms with Crippen molar-refractivity contribution in [2.75, 3.05) is 0 Å². The minimum Gasteiger partial charge on any atom is -0.358 e. The molecular weight excluding hydrogens is 358 g/mol. The fourth-order valence-corrected chi connectivity index (χ4v) is 2.75. The van der Waals surface area contributed by atoms with Gasteiger partial charge < -0.3 is 9.88 Å². The number of aryl methyl sites for hydroxylation is 1. The molecule has 2 N–H and O–H groups in total. The molecule has 0 atom stereocenters. The van der Waals surface area contributed by atoms with E-state index in [4.69, 9.17) is 0 Å². The Morgan fingerprint density at radius 2 is 1.97 bits per heavy atom. The molecule has 0 aliphatic carbocycles. The van der Waals surface area contributed by atoms with Crippen LogP contribution >= 0.6 is 0 Å². The van der Waals surface area contributed by atoms with Crippen LogP contribution in [0.25, 0.3) is 23.9 Å². The van der Waals surface area contributed by atoms with Gasteiger partial charge in [-0.1, -0.05) is 43.5 Å². The molecule has 0 bridgehead atoms. The molecule has 2 aromatic heterocycles. The van der Waals surface area contributed by atoms with Crippen LogP contribution in [-0.2, 0) is 7.05 Å². The number of imidazole rings is 1. The van der Waals surface area contributed by atoms with E-state index in [-0.39, 0.29) is 0 Å². The van der Waals surface area contributed by atoms with Crippen molar-refractivity contribution in [3.8, 4) is 0 Å². The quantitative estimate of drug-likeness (QED) is 0.710. The largest absolute Gasteiger partial charge is 0.358 e. The van der Waals surface area contributed by atoms with Crippen LogP contribution < -0.4 is 15.9 Å². The fourth-order valence-electron chi connectivity index (χ4n) is 2.75. The van der Waals surface area contributed by atoms with E-state index in [9.17, 15) is 0 Å². The number of aromatic amines is 1. The van der Waals surface area contributed by atoms with Crippen LogP contribution in [-0.4, -0.2) is 19.7 Å². The second kappa shape index (κ2) is 9.73. The van der Waals surface area contributed by atoms with Crippen molar-refractivity contribution in [2.24, 2.45) is 7.05 Å². The zero-order valence-electron chi connectivity index (χ0n) is 18.3. The summed E-state index contributed by atoms with van der Waals surface area (Å²) in [5.74, 6) is 0.982. The molecule has 0 unspecified atom stereocenters. The van der Waals surface area contributed by atoms with Crippen molar-refractivity contribution in [1.82, 2.24) is 25.1 Å². The average molecular weight is 390 g/mol. The third-order valence-corrected chi connectivity index (χ3v) is 4.89. The molecule has 0 saturated heterocycles. The number of H-pyrrole nitrogens is 1. The topological polar surface area (TPSA) is 58.5 Å². The summed E-state index contributed by atoms with van der Waals surface area (Å²) in [7, 11) is 2.01. The first-order valence-corrected chi connectivity index (χ1v) is 9.60. The SMILES string of the molecule is C=C(N/C(C)=C(C)/C=C\C=C/C)c1n[nH]/c(=C/C=C(\C)c2cnc(C)n2C)c1=C. The number of nitrogens with one attached hydrogen (secondary N) is 2. The van der Waals surface area contributed by atoms with Crippen molar-refractivity contribution >= 4 is 23.9 Å². The Hall–Kier alpha value is -3.34. The lowest BCUT2D eigenvalue weighted by atomic mass is 10.2. The van der Waals surface area contributed by atoms with Gasteiger partial charge in [0.2, 0.25) is 0 Å². The van der Waals surface area contributed by atoms with Gasteiger partial charge in [-0.2, -0.15) is 5.10 Å². The highest BCUT2D eigenvalue weighted by Gasteiger charge is 2.06. The zero-order valence-corrected chi connectivity index (χ0v) is 18.3. The normalized spacial score (nSPS) is 14.1. The molecule has 2 rings (SSSR count). The fraction of sp³-hybridized carbons (Fsp3) is 0.250. The molecule has 152 valence electrons. The molecular formula is C24H31N5. The first-order chi connectivity index (χ1) is 13.8. The molecule has 0 amide bonds. The van der Waals surface area contributed by atoms with Crippen LogP contribution in [0.5, 0.6) is 0 Å². The van der Waals surface area contributed by atoms with Gasteiger partial charge in [-0.05, 0) is 51.8 Å². The average Bonchev–Trinajstić information content (AvgIpc) is 3.22. The minimum absolute atomic E-state index is 0.713. The molecule has 0 aliphatic rings. The molecule has 0 radical (unpaired) electrons. The minimum atomic E-state index is 0.713. The summed E-state index contributed by atoms with van der Waals surface area (Å²) in [6.07, 6.45) is 14.0. The van der Waals surface area contributed by atoms with Gasteiger partial charge in [0.15, 0.2) is 0 Å². The number of aromatic nitrogens is 4. The third kappa shape index (κ3) is 5.35. The summed E-state index contributed by atoms with van der Waals surface area (Å²) >= 11 is 0. The molecule has 0 spiro atoms. The van der Waals surface area contributed by atoms with E-state index in [1.807, 2.05) is 64.4 Å². The van der Waals surface area contributed by atoms with E-state index in [2.05, 4.69) is 58.1 Å². The molecule has 5 heteroatoms. The van der Waals surface area contributed by atoms with Crippen LogP contribution in [0.4, 0.5) is 0 Å². The Bertz CT molecular complexity index is 1120. The summed E-state index contributed by atoms with van der Waals surface area (Å²) < 4.78 is 2.07. The van der Waals surface area contributed by atoms with Gasteiger partial charge in [0.1, 0.15) is 11.5 Å². The van der Waals surface area contributed by atoms with Crippen LogP contribution in [0.15, 0.2) is 54.4 Å². The monoisotopic (exact) mass is 389 g/mol. The van der Waals surface area contributed by atoms with E-state index in [1.54, 1.807) is 0 Å². The zero-order chi connectivity index (χ0) is 21.6. The highest BCUT2D eigenvalue weighted by Crippen LogP contribution is 2.14. The highest BCUT2D eigenvalue weighted by atomic mass is 15.1. The Morgan fingerprint density at radius 3 is 2.59 bits per heavy atom. The molecule has 2 aromatic rings. The van der Waals surface area contributed by atoms with Crippen molar-refractivity contribution < 1.29 is 0 Å². The number of hydrogen-bond acceptors (Lipinski definition) is 3. The smallest absolute Gasteiger partial charge is 0.115 e. The van der Waals surface area contributed by atoms with E-state index in [1.165, 1.54) is 0 Å². The van der Waals surface area contributed by atoms with E-state index in [0.717, 1.165) is 44.6 Å². The van der Waals surface area contributed by atoms with E-state index in [0.29, 0.717) is 5.70 Å². The molecule has 0 fully saturated rings. The lowest BCUT2D eigenvalue weighted by Gasteiger charge is -2.09. The predicted octanol–water partition coefficient (Wildman–Crippen LogP) is 3.73. The second-order valence-electron chi connectivity index (χ2n) is 7.03. The summed E-state index contributed by atoms with van der Waals surface area (Å²) in [5, 5.41) is 12.4. The molecule has 0 aliphatic heterocycles. The number of hydrogen-bond donors (Lipinski definition) is 2. The first kappa shape index (κ1) is 22.0. The molecule has 5 nitrogen and oxygen atoms in total. The second-order valence-corrected chi connectivity index (χ2v) is 7.03. The van der Waals surface area contributed by atoms with Gasteiger partial charge in [-0.3, -0.25) is 5.10 Å². The Labute approximate surface area is 173 Å². The van der Waals surface area contributed by atoms with E-state index >= 15 is 0 Å². The number of rotatable bonds is 7.